The second kappa shape index (κ2) is 11.6. The maximum atomic E-state index is 9.77. The van der Waals surface area contributed by atoms with Crippen LogP contribution in [0.2, 0.25) is 0 Å². The summed E-state index contributed by atoms with van der Waals surface area (Å²) in [6.45, 7) is 0.788. The van der Waals surface area contributed by atoms with Crippen LogP contribution in [0.4, 0.5) is 0 Å². The zero-order chi connectivity index (χ0) is 9.11. The Morgan fingerprint density at radius 1 is 1.64 bits per heavy atom. The van der Waals surface area contributed by atoms with Gasteiger partial charge in [0.05, 0.1) is 6.54 Å². The van der Waals surface area contributed by atoms with Gasteiger partial charge in [-0.15, -0.1) is 0 Å². The summed E-state index contributed by atoms with van der Waals surface area (Å²) in [5.74, 6) is -0.849. The molecule has 0 aromatic carbocycles. The summed E-state index contributed by atoms with van der Waals surface area (Å²) in [5.41, 5.74) is 5.06. The number of hydrogen-bond donors (Lipinski definition) is 4. The van der Waals surface area contributed by atoms with Crippen molar-refractivity contribution in [1.29, 1.82) is 0 Å². The number of nitrogens with two attached hydrogens (primary N) is 1. The SMILES string of the molecule is NCCNCC(=O)O.O=CO. The standard InChI is InChI=1S/C4H10N2O2.CH2O2/c5-1-2-6-3-4(7)8;2-1-3/h6H,1-3,5H2,(H,7,8);1H,(H,2,3). The molecule has 6 heteroatoms. The van der Waals surface area contributed by atoms with Gasteiger partial charge >= 0.3 is 5.97 Å². The third kappa shape index (κ3) is 28.0. The smallest absolute Gasteiger partial charge is 0.317 e. The summed E-state index contributed by atoms with van der Waals surface area (Å²) in [4.78, 5) is 18.1. The topological polar surface area (TPSA) is 113 Å². The first-order chi connectivity index (χ1) is 5.18. The lowest BCUT2D eigenvalue weighted by molar-refractivity contribution is -0.136. The van der Waals surface area contributed by atoms with E-state index in [1.54, 1.807) is 0 Å². The van der Waals surface area contributed by atoms with E-state index in [0.717, 1.165) is 0 Å². The molecule has 0 spiro atoms. The predicted octanol–water partition coefficient (Wildman–Crippen LogP) is -1.68. The maximum Gasteiger partial charge on any atom is 0.317 e. The molecule has 0 heterocycles. The summed E-state index contributed by atoms with van der Waals surface area (Å²) in [6, 6.07) is 0. The second-order valence-electron chi connectivity index (χ2n) is 1.46. The molecule has 5 N–H and O–H groups in total. The Kier molecular flexibility index (Phi) is 13.2. The first kappa shape index (κ1) is 12.5. The molecule has 0 bridgehead atoms. The second-order valence-corrected chi connectivity index (χ2v) is 1.46. The minimum absolute atomic E-state index is 0.00278. The van der Waals surface area contributed by atoms with E-state index in [0.29, 0.717) is 13.1 Å². The molecular formula is C5H12N2O4. The Hall–Kier alpha value is -1.14. The summed E-state index contributed by atoms with van der Waals surface area (Å²) < 4.78 is 0. The van der Waals surface area contributed by atoms with Crippen LogP contribution in [0.25, 0.3) is 0 Å². The highest BCUT2D eigenvalue weighted by Crippen LogP contribution is 1.56. The van der Waals surface area contributed by atoms with Crippen LogP contribution in [0.1, 0.15) is 0 Å². The van der Waals surface area contributed by atoms with Crippen LogP contribution in [0.5, 0.6) is 0 Å². The number of rotatable bonds is 4. The van der Waals surface area contributed by atoms with Crippen molar-refractivity contribution in [3.8, 4) is 0 Å². The molecule has 66 valence electrons. The number of carbonyl (C=O) groups is 2. The highest BCUT2D eigenvalue weighted by molar-refractivity contribution is 5.68. The number of aliphatic carboxylic acids is 1. The van der Waals surface area contributed by atoms with Gasteiger partial charge in [0.25, 0.3) is 6.47 Å². The lowest BCUT2D eigenvalue weighted by Crippen LogP contribution is -2.27. The lowest BCUT2D eigenvalue weighted by Gasteiger charge is -1.94. The number of carboxylic acid groups (broad SMARTS) is 2. The molecule has 0 fully saturated rings. The van der Waals surface area contributed by atoms with Gasteiger partial charge in [-0.25, -0.2) is 0 Å². The quantitative estimate of drug-likeness (QED) is 0.291. The third-order valence-corrected chi connectivity index (χ3v) is 0.597. The molecule has 0 aliphatic carbocycles. The van der Waals surface area contributed by atoms with Gasteiger partial charge in [-0.2, -0.15) is 0 Å². The van der Waals surface area contributed by atoms with E-state index in [-0.39, 0.29) is 13.0 Å². The minimum atomic E-state index is -0.849. The van der Waals surface area contributed by atoms with Crippen LogP contribution >= 0.6 is 0 Å². The monoisotopic (exact) mass is 164 g/mol. The van der Waals surface area contributed by atoms with Crippen molar-refractivity contribution >= 4 is 12.4 Å². The predicted molar refractivity (Wildman–Crippen MR) is 38.3 cm³/mol. The van der Waals surface area contributed by atoms with Crippen molar-refractivity contribution in [2.45, 2.75) is 0 Å². The van der Waals surface area contributed by atoms with Crippen molar-refractivity contribution < 1.29 is 19.8 Å². The molecule has 0 saturated carbocycles. The van der Waals surface area contributed by atoms with Gasteiger partial charge in [0.2, 0.25) is 0 Å². The molecule has 6 nitrogen and oxygen atoms in total. The van der Waals surface area contributed by atoms with Crippen molar-refractivity contribution in [3.05, 3.63) is 0 Å². The summed E-state index contributed by atoms with van der Waals surface area (Å²) in [6.07, 6.45) is 0. The first-order valence-electron chi connectivity index (χ1n) is 2.89. The highest BCUT2D eigenvalue weighted by Gasteiger charge is 1.90. The molecule has 0 aliphatic rings. The minimum Gasteiger partial charge on any atom is -0.483 e. The molecule has 0 aromatic heterocycles. The van der Waals surface area contributed by atoms with Gasteiger partial charge < -0.3 is 21.3 Å². The van der Waals surface area contributed by atoms with Crippen molar-refractivity contribution in [3.63, 3.8) is 0 Å². The number of hydrogen-bond acceptors (Lipinski definition) is 4. The van der Waals surface area contributed by atoms with Gasteiger partial charge in [0, 0.05) is 13.1 Å². The first-order valence-corrected chi connectivity index (χ1v) is 2.89. The van der Waals surface area contributed by atoms with Gasteiger partial charge in [0.15, 0.2) is 0 Å². The Bertz CT molecular complexity index is 107. The van der Waals surface area contributed by atoms with Crippen LogP contribution < -0.4 is 11.1 Å². The molecule has 0 aliphatic heterocycles. The molecule has 0 unspecified atom stereocenters. The Labute approximate surface area is 64.0 Å². The molecule has 0 aromatic rings. The van der Waals surface area contributed by atoms with Gasteiger partial charge in [0.1, 0.15) is 0 Å². The van der Waals surface area contributed by atoms with E-state index in [9.17, 15) is 4.79 Å². The van der Waals surface area contributed by atoms with E-state index in [1.165, 1.54) is 0 Å². The van der Waals surface area contributed by atoms with Crippen molar-refractivity contribution in [2.75, 3.05) is 19.6 Å². The summed E-state index contributed by atoms with van der Waals surface area (Å²) in [7, 11) is 0. The Morgan fingerprint density at radius 2 is 2.09 bits per heavy atom. The zero-order valence-electron chi connectivity index (χ0n) is 5.99. The molecule has 0 amide bonds. The van der Waals surface area contributed by atoms with Crippen LogP contribution in [0.3, 0.4) is 0 Å². The van der Waals surface area contributed by atoms with Gasteiger partial charge in [-0.05, 0) is 0 Å². The van der Waals surface area contributed by atoms with Crippen LogP contribution in [-0.2, 0) is 9.59 Å². The summed E-state index contributed by atoms with van der Waals surface area (Å²) in [5, 5.41) is 17.5. The number of carboxylic acids is 1. The Balaban J connectivity index is 0. The fourth-order valence-corrected chi connectivity index (χ4v) is 0.297. The largest absolute Gasteiger partial charge is 0.483 e. The van der Waals surface area contributed by atoms with Gasteiger partial charge in [-0.1, -0.05) is 0 Å². The van der Waals surface area contributed by atoms with Crippen LogP contribution in [-0.4, -0.2) is 42.3 Å². The maximum absolute atomic E-state index is 9.77. The van der Waals surface area contributed by atoms with Crippen LogP contribution in [0, 0.1) is 0 Å². The molecule has 0 saturated heterocycles. The molecule has 0 atom stereocenters. The van der Waals surface area contributed by atoms with Crippen LogP contribution in [0.15, 0.2) is 0 Å². The van der Waals surface area contributed by atoms with E-state index in [1.807, 2.05) is 0 Å². The fraction of sp³-hybridized carbons (Fsp3) is 0.600. The van der Waals surface area contributed by atoms with E-state index in [4.69, 9.17) is 20.7 Å². The zero-order valence-corrected chi connectivity index (χ0v) is 5.99. The normalized spacial score (nSPS) is 7.73. The fourth-order valence-electron chi connectivity index (χ4n) is 0.297. The number of nitrogens with one attached hydrogen (secondary N) is 1. The van der Waals surface area contributed by atoms with Crippen molar-refractivity contribution in [2.24, 2.45) is 5.73 Å². The average Bonchev–Trinajstić information content (AvgIpc) is 1.89. The van der Waals surface area contributed by atoms with E-state index < -0.39 is 5.97 Å². The molecule has 0 rings (SSSR count). The summed E-state index contributed by atoms with van der Waals surface area (Å²) >= 11 is 0. The molecule has 0 radical (unpaired) electrons. The van der Waals surface area contributed by atoms with E-state index in [2.05, 4.69) is 5.32 Å². The highest BCUT2D eigenvalue weighted by atomic mass is 16.4. The van der Waals surface area contributed by atoms with Crippen molar-refractivity contribution in [1.82, 2.24) is 5.32 Å². The molecule has 11 heavy (non-hydrogen) atoms. The van der Waals surface area contributed by atoms with Gasteiger partial charge in [-0.3, -0.25) is 9.59 Å². The lowest BCUT2D eigenvalue weighted by atomic mass is 10.6. The average molecular weight is 164 g/mol. The molecular weight excluding hydrogens is 152 g/mol. The Morgan fingerprint density at radius 3 is 2.36 bits per heavy atom. The van der Waals surface area contributed by atoms with E-state index >= 15 is 0 Å². The third-order valence-electron chi connectivity index (χ3n) is 0.597.